The fraction of sp³-hybridized carbons (Fsp3) is 0.333. The highest BCUT2D eigenvalue weighted by Gasteiger charge is 2.38. The van der Waals surface area contributed by atoms with Crippen molar-refractivity contribution in [2.75, 3.05) is 0 Å². The molecule has 1 amide bonds. The minimum absolute atomic E-state index is 0.00694. The Balaban J connectivity index is 2.57. The lowest BCUT2D eigenvalue weighted by Crippen LogP contribution is -2.18. The van der Waals surface area contributed by atoms with Gasteiger partial charge in [0.1, 0.15) is 0 Å². The molecule has 0 bridgehead atoms. The normalized spacial score (nSPS) is 16.3. The van der Waals surface area contributed by atoms with E-state index in [2.05, 4.69) is 4.98 Å². The zero-order valence-electron chi connectivity index (χ0n) is 7.88. The molecule has 0 radical (unpaired) electrons. The van der Waals surface area contributed by atoms with Crippen LogP contribution in [0.3, 0.4) is 0 Å². The number of primary amides is 1. The molecule has 1 aliphatic rings. The van der Waals surface area contributed by atoms with Crippen molar-refractivity contribution in [2.45, 2.75) is 23.0 Å². The van der Waals surface area contributed by atoms with Gasteiger partial charge in [0.2, 0.25) is 0 Å². The summed E-state index contributed by atoms with van der Waals surface area (Å²) < 4.78 is 23.8. The van der Waals surface area contributed by atoms with E-state index >= 15 is 0 Å². The molecule has 1 heterocycles. The number of carbonyl (C=O) groups is 1. The Labute approximate surface area is 87.2 Å². The molecule has 5 nitrogen and oxygen atoms in total. The van der Waals surface area contributed by atoms with Crippen LogP contribution in [0.5, 0.6) is 0 Å². The van der Waals surface area contributed by atoms with Gasteiger partial charge in [0.05, 0.1) is 15.7 Å². The van der Waals surface area contributed by atoms with Crippen LogP contribution in [-0.4, -0.2) is 24.6 Å². The smallest absolute Gasteiger partial charge is 0.251 e. The van der Waals surface area contributed by atoms with E-state index in [0.29, 0.717) is 12.8 Å². The molecule has 15 heavy (non-hydrogen) atoms. The van der Waals surface area contributed by atoms with Crippen molar-refractivity contribution in [3.8, 4) is 0 Å². The maximum Gasteiger partial charge on any atom is 0.251 e. The fourth-order valence-electron chi connectivity index (χ4n) is 1.37. The molecule has 1 aromatic rings. The number of amides is 1. The third-order valence-corrected chi connectivity index (χ3v) is 4.63. The number of sulfone groups is 1. The van der Waals surface area contributed by atoms with E-state index in [9.17, 15) is 13.2 Å². The SMILES string of the molecule is NC(=O)c1cnccc1S(=O)(=O)C1CC1. The summed E-state index contributed by atoms with van der Waals surface area (Å²) >= 11 is 0. The highest BCUT2D eigenvalue weighted by molar-refractivity contribution is 7.92. The molecular weight excluding hydrogens is 216 g/mol. The Hall–Kier alpha value is -1.43. The first-order valence-electron chi connectivity index (χ1n) is 4.51. The summed E-state index contributed by atoms with van der Waals surface area (Å²) in [6.07, 6.45) is 3.85. The van der Waals surface area contributed by atoms with E-state index in [-0.39, 0.29) is 15.7 Å². The number of rotatable bonds is 3. The topological polar surface area (TPSA) is 90.1 Å². The molecule has 1 aromatic heterocycles. The minimum atomic E-state index is -3.38. The molecule has 0 aromatic carbocycles. The quantitative estimate of drug-likeness (QED) is 0.792. The average molecular weight is 226 g/mol. The molecule has 0 saturated heterocycles. The fourth-order valence-corrected chi connectivity index (χ4v) is 3.20. The van der Waals surface area contributed by atoms with Crippen LogP contribution in [0.4, 0.5) is 0 Å². The molecule has 2 N–H and O–H groups in total. The Morgan fingerprint density at radius 3 is 2.67 bits per heavy atom. The van der Waals surface area contributed by atoms with Crippen molar-refractivity contribution in [3.05, 3.63) is 24.0 Å². The number of nitrogens with two attached hydrogens (primary N) is 1. The van der Waals surface area contributed by atoms with Crippen molar-refractivity contribution >= 4 is 15.7 Å². The first-order chi connectivity index (χ1) is 7.03. The van der Waals surface area contributed by atoms with Crippen LogP contribution in [0.2, 0.25) is 0 Å². The second kappa shape index (κ2) is 3.30. The van der Waals surface area contributed by atoms with Crippen molar-refractivity contribution in [2.24, 2.45) is 5.73 Å². The number of nitrogens with zero attached hydrogens (tertiary/aromatic N) is 1. The van der Waals surface area contributed by atoms with Gasteiger partial charge in [-0.2, -0.15) is 0 Å². The van der Waals surface area contributed by atoms with Crippen LogP contribution in [0.15, 0.2) is 23.4 Å². The largest absolute Gasteiger partial charge is 0.366 e. The van der Waals surface area contributed by atoms with Gasteiger partial charge in [-0.15, -0.1) is 0 Å². The van der Waals surface area contributed by atoms with Gasteiger partial charge in [-0.1, -0.05) is 0 Å². The van der Waals surface area contributed by atoms with Gasteiger partial charge >= 0.3 is 0 Å². The van der Waals surface area contributed by atoms with E-state index in [0.717, 1.165) is 0 Å². The van der Waals surface area contributed by atoms with Crippen molar-refractivity contribution < 1.29 is 13.2 Å². The van der Waals surface area contributed by atoms with E-state index in [4.69, 9.17) is 5.73 Å². The lowest BCUT2D eigenvalue weighted by atomic mass is 10.3. The Bertz CT molecular complexity index is 506. The first-order valence-corrected chi connectivity index (χ1v) is 6.06. The molecule has 2 rings (SSSR count). The summed E-state index contributed by atoms with van der Waals surface area (Å²) in [5, 5.41) is -0.349. The highest BCUT2D eigenvalue weighted by Crippen LogP contribution is 2.34. The molecule has 1 aliphatic carbocycles. The van der Waals surface area contributed by atoms with Gasteiger partial charge in [0, 0.05) is 12.4 Å². The molecule has 0 spiro atoms. The molecule has 1 saturated carbocycles. The second-order valence-corrected chi connectivity index (χ2v) is 5.68. The van der Waals surface area contributed by atoms with Crippen LogP contribution in [0.1, 0.15) is 23.2 Å². The first kappa shape index (κ1) is 10.1. The summed E-state index contributed by atoms with van der Waals surface area (Å²) in [5.41, 5.74) is 5.06. The maximum absolute atomic E-state index is 11.9. The van der Waals surface area contributed by atoms with Crippen LogP contribution < -0.4 is 5.73 Å². The van der Waals surface area contributed by atoms with Gasteiger partial charge in [-0.05, 0) is 18.9 Å². The highest BCUT2D eigenvalue weighted by atomic mass is 32.2. The molecule has 6 heteroatoms. The van der Waals surface area contributed by atoms with E-state index in [1.165, 1.54) is 18.5 Å². The average Bonchev–Trinajstić information content (AvgIpc) is 3.01. The summed E-state index contributed by atoms with van der Waals surface area (Å²) in [6.45, 7) is 0. The Kier molecular flexibility index (Phi) is 2.22. The minimum Gasteiger partial charge on any atom is -0.366 e. The van der Waals surface area contributed by atoms with Gasteiger partial charge in [0.15, 0.2) is 9.84 Å². The predicted octanol–water partition coefficient (Wildman–Crippen LogP) is 0.117. The van der Waals surface area contributed by atoms with Gasteiger partial charge < -0.3 is 5.73 Å². The standard InChI is InChI=1S/C9H10N2O3S/c10-9(12)7-5-11-4-3-8(7)15(13,14)6-1-2-6/h3-6H,1-2H2,(H2,10,12). The van der Waals surface area contributed by atoms with Gasteiger partial charge in [-0.3, -0.25) is 9.78 Å². The van der Waals surface area contributed by atoms with Crippen LogP contribution in [0, 0.1) is 0 Å². The summed E-state index contributed by atoms with van der Waals surface area (Å²) in [6, 6.07) is 1.33. The summed E-state index contributed by atoms with van der Waals surface area (Å²) in [7, 11) is -3.38. The number of hydrogen-bond acceptors (Lipinski definition) is 4. The zero-order valence-corrected chi connectivity index (χ0v) is 8.70. The predicted molar refractivity (Wildman–Crippen MR) is 53.0 cm³/mol. The number of pyridine rings is 1. The number of hydrogen-bond donors (Lipinski definition) is 1. The van der Waals surface area contributed by atoms with E-state index in [1.807, 2.05) is 0 Å². The van der Waals surface area contributed by atoms with Crippen molar-refractivity contribution in [1.82, 2.24) is 4.98 Å². The lowest BCUT2D eigenvalue weighted by molar-refractivity contribution is 0.0997. The summed E-state index contributed by atoms with van der Waals surface area (Å²) in [5.74, 6) is -0.762. The summed E-state index contributed by atoms with van der Waals surface area (Å²) in [4.78, 5) is 14.7. The van der Waals surface area contributed by atoms with Crippen LogP contribution >= 0.6 is 0 Å². The van der Waals surface area contributed by atoms with Crippen LogP contribution in [0.25, 0.3) is 0 Å². The number of carbonyl (C=O) groups excluding carboxylic acids is 1. The molecular formula is C9H10N2O3S. The molecule has 0 unspecified atom stereocenters. The number of aromatic nitrogens is 1. The third-order valence-electron chi connectivity index (χ3n) is 2.32. The zero-order chi connectivity index (χ0) is 11.1. The van der Waals surface area contributed by atoms with Gasteiger partial charge in [0.25, 0.3) is 5.91 Å². The Morgan fingerprint density at radius 2 is 2.13 bits per heavy atom. The monoisotopic (exact) mass is 226 g/mol. The van der Waals surface area contributed by atoms with Gasteiger partial charge in [-0.25, -0.2) is 8.42 Å². The molecule has 1 fully saturated rings. The lowest BCUT2D eigenvalue weighted by Gasteiger charge is -2.05. The molecule has 0 aliphatic heterocycles. The maximum atomic E-state index is 11.9. The second-order valence-electron chi connectivity index (χ2n) is 3.48. The van der Waals surface area contributed by atoms with Crippen molar-refractivity contribution in [1.29, 1.82) is 0 Å². The van der Waals surface area contributed by atoms with E-state index < -0.39 is 15.7 Å². The molecule has 80 valence electrons. The van der Waals surface area contributed by atoms with E-state index in [1.54, 1.807) is 0 Å². The van der Waals surface area contributed by atoms with Crippen molar-refractivity contribution in [3.63, 3.8) is 0 Å². The Morgan fingerprint density at radius 1 is 1.47 bits per heavy atom. The van der Waals surface area contributed by atoms with Crippen LogP contribution in [-0.2, 0) is 9.84 Å². The third kappa shape index (κ3) is 1.72. The molecule has 0 atom stereocenters.